The van der Waals surface area contributed by atoms with Gasteiger partial charge in [0.2, 0.25) is 0 Å². The fourth-order valence-electron chi connectivity index (χ4n) is 2.09. The van der Waals surface area contributed by atoms with Crippen LogP contribution < -0.4 is 15.2 Å². The zero-order chi connectivity index (χ0) is 15.0. The van der Waals surface area contributed by atoms with Crippen LogP contribution in [-0.4, -0.2) is 19.2 Å². The highest BCUT2D eigenvalue weighted by atomic mass is 35.5. The Labute approximate surface area is 131 Å². The van der Waals surface area contributed by atoms with Crippen LogP contribution in [0.2, 0.25) is 5.02 Å². The van der Waals surface area contributed by atoms with Gasteiger partial charge in [0.1, 0.15) is 5.01 Å². The molecular weight excluding hydrogens is 308 g/mol. The quantitative estimate of drug-likeness (QED) is 0.734. The molecule has 0 aliphatic carbocycles. The van der Waals surface area contributed by atoms with Crippen molar-refractivity contribution >= 4 is 38.8 Å². The summed E-state index contributed by atoms with van der Waals surface area (Å²) in [5.74, 6) is 1.22. The van der Waals surface area contributed by atoms with Gasteiger partial charge in [-0.15, -0.1) is 11.3 Å². The number of nitrogens with zero attached hydrogens (tertiary/aromatic N) is 1. The molecule has 3 aromatic rings. The van der Waals surface area contributed by atoms with Crippen LogP contribution >= 0.6 is 22.9 Å². The lowest BCUT2D eigenvalue weighted by Gasteiger charge is -2.10. The first-order chi connectivity index (χ1) is 10.1. The first-order valence-electron chi connectivity index (χ1n) is 6.20. The third kappa shape index (κ3) is 2.50. The molecule has 3 rings (SSSR count). The van der Waals surface area contributed by atoms with Crippen molar-refractivity contribution in [3.05, 3.63) is 35.4 Å². The standard InChI is InChI=1S/C15H13ClN2O2S/c1-19-12-6-9(10(17)7-13(12)20-2)15-18-11-4-3-8(16)5-14(11)21-15/h3-7H,17H2,1-2H3. The SMILES string of the molecule is COc1cc(N)c(-c2nc3ccc(Cl)cc3s2)cc1OC. The molecule has 0 fully saturated rings. The highest BCUT2D eigenvalue weighted by Crippen LogP contribution is 2.40. The minimum absolute atomic E-state index is 0.595. The van der Waals surface area contributed by atoms with Crippen LogP contribution in [-0.2, 0) is 0 Å². The van der Waals surface area contributed by atoms with Crippen molar-refractivity contribution in [1.29, 1.82) is 0 Å². The number of ether oxygens (including phenoxy) is 2. The number of fused-ring (bicyclic) bond motifs is 1. The number of hydrogen-bond donors (Lipinski definition) is 1. The van der Waals surface area contributed by atoms with E-state index in [1.54, 1.807) is 20.3 Å². The van der Waals surface area contributed by atoms with Crippen molar-refractivity contribution in [2.45, 2.75) is 0 Å². The van der Waals surface area contributed by atoms with Crippen LogP contribution in [0.4, 0.5) is 5.69 Å². The number of halogens is 1. The van der Waals surface area contributed by atoms with Crippen molar-refractivity contribution in [3.8, 4) is 22.1 Å². The molecule has 2 N–H and O–H groups in total. The molecule has 0 aliphatic rings. The molecule has 0 amide bonds. The zero-order valence-electron chi connectivity index (χ0n) is 11.5. The predicted molar refractivity (Wildman–Crippen MR) is 87.6 cm³/mol. The summed E-state index contributed by atoms with van der Waals surface area (Å²) in [6.07, 6.45) is 0. The van der Waals surface area contributed by atoms with E-state index in [0.717, 1.165) is 20.8 Å². The van der Waals surface area contributed by atoms with Gasteiger partial charge in [0.15, 0.2) is 11.5 Å². The highest BCUT2D eigenvalue weighted by molar-refractivity contribution is 7.21. The number of thiazole rings is 1. The molecule has 0 unspecified atom stereocenters. The third-order valence-electron chi connectivity index (χ3n) is 3.14. The third-order valence-corrected chi connectivity index (χ3v) is 4.42. The van der Waals surface area contributed by atoms with E-state index in [4.69, 9.17) is 26.8 Å². The molecule has 0 spiro atoms. The zero-order valence-corrected chi connectivity index (χ0v) is 13.1. The molecular formula is C15H13ClN2O2S. The average molecular weight is 321 g/mol. The largest absolute Gasteiger partial charge is 0.493 e. The summed E-state index contributed by atoms with van der Waals surface area (Å²) in [6.45, 7) is 0. The van der Waals surface area contributed by atoms with E-state index in [0.29, 0.717) is 22.2 Å². The molecule has 0 saturated carbocycles. The molecule has 2 aromatic carbocycles. The first-order valence-corrected chi connectivity index (χ1v) is 7.40. The van der Waals surface area contributed by atoms with Gasteiger partial charge in [-0.2, -0.15) is 0 Å². The minimum atomic E-state index is 0.595. The molecule has 1 aromatic heterocycles. The highest BCUT2D eigenvalue weighted by Gasteiger charge is 2.14. The van der Waals surface area contributed by atoms with E-state index in [9.17, 15) is 0 Å². The van der Waals surface area contributed by atoms with E-state index in [2.05, 4.69) is 4.98 Å². The molecule has 0 atom stereocenters. The Morgan fingerprint density at radius 1 is 1.10 bits per heavy atom. The summed E-state index contributed by atoms with van der Waals surface area (Å²) < 4.78 is 11.6. The average Bonchev–Trinajstić information content (AvgIpc) is 2.89. The summed E-state index contributed by atoms with van der Waals surface area (Å²) in [4.78, 5) is 4.60. The van der Waals surface area contributed by atoms with Crippen molar-refractivity contribution in [3.63, 3.8) is 0 Å². The van der Waals surface area contributed by atoms with Crippen molar-refractivity contribution < 1.29 is 9.47 Å². The smallest absolute Gasteiger partial charge is 0.162 e. The summed E-state index contributed by atoms with van der Waals surface area (Å²) in [7, 11) is 3.17. The molecule has 0 aliphatic heterocycles. The van der Waals surface area contributed by atoms with Crippen LogP contribution in [0.1, 0.15) is 0 Å². The number of anilines is 1. The molecule has 0 radical (unpaired) electrons. The fourth-order valence-corrected chi connectivity index (χ4v) is 3.37. The van der Waals surface area contributed by atoms with Gasteiger partial charge in [-0.25, -0.2) is 4.98 Å². The summed E-state index contributed by atoms with van der Waals surface area (Å²) in [5, 5.41) is 1.52. The van der Waals surface area contributed by atoms with Crippen LogP contribution in [0, 0.1) is 0 Å². The number of nitrogen functional groups attached to an aromatic ring is 1. The van der Waals surface area contributed by atoms with Gasteiger partial charge < -0.3 is 15.2 Å². The Hall–Kier alpha value is -1.98. The lowest BCUT2D eigenvalue weighted by Crippen LogP contribution is -1.95. The summed E-state index contributed by atoms with van der Waals surface area (Å²) in [6, 6.07) is 9.20. The number of hydrogen-bond acceptors (Lipinski definition) is 5. The maximum Gasteiger partial charge on any atom is 0.162 e. The number of rotatable bonds is 3. The minimum Gasteiger partial charge on any atom is -0.493 e. The van der Waals surface area contributed by atoms with E-state index < -0.39 is 0 Å². The van der Waals surface area contributed by atoms with Gasteiger partial charge in [0.05, 0.1) is 24.4 Å². The second-order valence-corrected chi connectivity index (χ2v) is 5.89. The molecule has 1 heterocycles. The number of benzene rings is 2. The molecule has 0 saturated heterocycles. The predicted octanol–water partition coefficient (Wildman–Crippen LogP) is 4.22. The number of aromatic nitrogens is 1. The lowest BCUT2D eigenvalue weighted by atomic mass is 10.1. The Morgan fingerprint density at radius 3 is 2.52 bits per heavy atom. The topological polar surface area (TPSA) is 57.4 Å². The Balaban J connectivity index is 2.17. The summed E-state index contributed by atoms with van der Waals surface area (Å²) >= 11 is 7.55. The van der Waals surface area contributed by atoms with Crippen LogP contribution in [0.25, 0.3) is 20.8 Å². The van der Waals surface area contributed by atoms with Crippen LogP contribution in [0.15, 0.2) is 30.3 Å². The Kier molecular flexibility index (Phi) is 3.61. The van der Waals surface area contributed by atoms with Crippen molar-refractivity contribution in [2.24, 2.45) is 0 Å². The molecule has 6 heteroatoms. The Morgan fingerprint density at radius 2 is 1.81 bits per heavy atom. The monoisotopic (exact) mass is 320 g/mol. The second-order valence-electron chi connectivity index (χ2n) is 4.43. The van der Waals surface area contributed by atoms with Gasteiger partial charge in [-0.3, -0.25) is 0 Å². The van der Waals surface area contributed by atoms with Crippen molar-refractivity contribution in [1.82, 2.24) is 4.98 Å². The van der Waals surface area contributed by atoms with Crippen molar-refractivity contribution in [2.75, 3.05) is 20.0 Å². The molecule has 0 bridgehead atoms. The van der Waals surface area contributed by atoms with Crippen LogP contribution in [0.3, 0.4) is 0 Å². The maximum atomic E-state index is 6.11. The molecule has 108 valence electrons. The first kappa shape index (κ1) is 14.0. The number of nitrogens with two attached hydrogens (primary N) is 1. The van der Waals surface area contributed by atoms with Gasteiger partial charge in [0.25, 0.3) is 0 Å². The number of methoxy groups -OCH3 is 2. The van der Waals surface area contributed by atoms with E-state index >= 15 is 0 Å². The lowest BCUT2D eigenvalue weighted by molar-refractivity contribution is 0.355. The van der Waals surface area contributed by atoms with Gasteiger partial charge in [0, 0.05) is 22.3 Å². The van der Waals surface area contributed by atoms with Crippen LogP contribution in [0.5, 0.6) is 11.5 Å². The second kappa shape index (κ2) is 5.42. The van der Waals surface area contributed by atoms with E-state index in [1.165, 1.54) is 11.3 Å². The van der Waals surface area contributed by atoms with Gasteiger partial charge in [-0.05, 0) is 24.3 Å². The maximum absolute atomic E-state index is 6.11. The molecule has 21 heavy (non-hydrogen) atoms. The summed E-state index contributed by atoms with van der Waals surface area (Å²) in [5.41, 5.74) is 8.43. The molecule has 4 nitrogen and oxygen atoms in total. The van der Waals surface area contributed by atoms with E-state index in [1.807, 2.05) is 24.3 Å². The van der Waals surface area contributed by atoms with Gasteiger partial charge in [-0.1, -0.05) is 11.6 Å². The van der Waals surface area contributed by atoms with Gasteiger partial charge >= 0.3 is 0 Å². The normalized spacial score (nSPS) is 10.8. The fraction of sp³-hybridized carbons (Fsp3) is 0.133. The van der Waals surface area contributed by atoms with E-state index in [-0.39, 0.29) is 0 Å². The Bertz CT molecular complexity index is 817.